The number of halogens is 1. The summed E-state index contributed by atoms with van der Waals surface area (Å²) in [7, 11) is 1.47. The highest BCUT2D eigenvalue weighted by molar-refractivity contribution is 6.32. The van der Waals surface area contributed by atoms with Crippen molar-refractivity contribution < 1.29 is 133 Å². The number of nitrogens with two attached hydrogens (primary N) is 1. The number of aliphatic hydroxyl groups is 6. The summed E-state index contributed by atoms with van der Waals surface area (Å²) < 4.78 is 39.5. The van der Waals surface area contributed by atoms with Crippen LogP contribution < -0.4 is 67.8 Å². The van der Waals surface area contributed by atoms with Crippen LogP contribution >= 0.6 is 11.6 Å². The van der Waals surface area contributed by atoms with Gasteiger partial charge in [0.25, 0.3) is 0 Å². The number of ether oxygens (including phenoxy) is 6. The number of carboxylic acids is 2. The highest BCUT2D eigenvalue weighted by Crippen LogP contribution is 2.49. The van der Waals surface area contributed by atoms with Gasteiger partial charge in [0, 0.05) is 29.2 Å². The summed E-state index contributed by atoms with van der Waals surface area (Å²) >= 11 is 7.16. The summed E-state index contributed by atoms with van der Waals surface area (Å²) in [6.45, 7) is 8.69. The molecular weight excluding hydrogens is 1590 g/mol. The minimum absolute atomic E-state index is 0.0917. The van der Waals surface area contributed by atoms with E-state index < -0.39 is 256 Å². The van der Waals surface area contributed by atoms with Gasteiger partial charge in [-0.25, -0.2) is 4.79 Å². The number of carbonyl (C=O) groups excluding carboxylic acids is 8. The molecule has 0 radical (unpaired) electrons. The van der Waals surface area contributed by atoms with Crippen molar-refractivity contribution in [1.29, 1.82) is 0 Å². The Labute approximate surface area is 694 Å². The highest BCUT2D eigenvalue weighted by atomic mass is 35.5. The van der Waals surface area contributed by atoms with Gasteiger partial charge in [-0.3, -0.25) is 43.2 Å². The molecule has 3 unspecified atom stereocenters. The number of nitrogens with one attached hydrogen (secondary N) is 9. The number of unbranched alkanes of at least 4 members (excludes halogenated alkanes) is 9. The molecule has 12 rings (SSSR count). The molecule has 0 spiro atoms. The molecule has 0 aliphatic carbocycles. The van der Waals surface area contributed by atoms with Crippen LogP contribution in [0, 0.1) is 5.92 Å². The Morgan fingerprint density at radius 1 is 0.675 bits per heavy atom. The van der Waals surface area contributed by atoms with Crippen molar-refractivity contribution in [3.05, 3.63) is 118 Å². The second-order valence-electron chi connectivity index (χ2n) is 31.3. The van der Waals surface area contributed by atoms with E-state index in [0.717, 1.165) is 93.5 Å². The first kappa shape index (κ1) is 91.7. The van der Waals surface area contributed by atoms with E-state index in [2.05, 4.69) is 49.5 Å². The Morgan fingerprint density at radius 3 is 1.94 bits per heavy atom. The molecule has 2 saturated heterocycles. The van der Waals surface area contributed by atoms with E-state index in [0.29, 0.717) is 6.54 Å². The molecular formula is C82H105ClN10O27. The Morgan fingerprint density at radius 2 is 1.31 bits per heavy atom. The molecule has 120 heavy (non-hydrogen) atoms. The van der Waals surface area contributed by atoms with Gasteiger partial charge < -0.3 is 138 Å². The van der Waals surface area contributed by atoms with Gasteiger partial charge in [-0.2, -0.15) is 0 Å². The average Bonchev–Trinajstić information content (AvgIpc) is 0.765. The third kappa shape index (κ3) is 22.2. The summed E-state index contributed by atoms with van der Waals surface area (Å²) in [5.41, 5.74) is 1.57. The lowest BCUT2D eigenvalue weighted by Gasteiger charge is -2.48. The van der Waals surface area contributed by atoms with E-state index in [1.807, 2.05) is 19.2 Å². The number of aliphatic carboxylic acids is 2. The van der Waals surface area contributed by atoms with Crippen LogP contribution in [0.3, 0.4) is 0 Å². The summed E-state index contributed by atoms with van der Waals surface area (Å²) in [6.07, 6.45) is -8.69. The zero-order chi connectivity index (χ0) is 87.3. The number of carbonyl (C=O) groups is 10. The number of aliphatic hydroxyl groups excluding tert-OH is 6. The summed E-state index contributed by atoms with van der Waals surface area (Å²) in [6, 6.07) is -1.94. The molecule has 19 atom stereocenters. The largest absolute Gasteiger partial charge is 0.508 e. The quantitative estimate of drug-likeness (QED) is 0.0306. The van der Waals surface area contributed by atoms with Crippen LogP contribution in [0.5, 0.6) is 46.0 Å². The Bertz CT molecular complexity index is 4560. The third-order valence-corrected chi connectivity index (χ3v) is 22.0. The first-order valence-electron chi connectivity index (χ1n) is 39.8. The third-order valence-electron chi connectivity index (χ3n) is 21.7. The number of rotatable bonds is 29. The Kier molecular flexibility index (Phi) is 31.1. The molecule has 0 aromatic heterocycles. The van der Waals surface area contributed by atoms with Gasteiger partial charge in [0.05, 0.1) is 42.7 Å². The molecule has 11 bridgehead atoms. The number of amides is 8. The molecule has 7 aliphatic heterocycles. The lowest BCUT2D eigenvalue weighted by atomic mass is 9.84. The predicted molar refractivity (Wildman–Crippen MR) is 424 cm³/mol. The van der Waals surface area contributed by atoms with Gasteiger partial charge in [0.1, 0.15) is 102 Å². The monoisotopic (exact) mass is 1700 g/mol. The van der Waals surface area contributed by atoms with Crippen LogP contribution in [0.25, 0.3) is 11.1 Å². The van der Waals surface area contributed by atoms with Crippen molar-refractivity contribution in [3.63, 3.8) is 0 Å². The maximum Gasteiger partial charge on any atom is 0.326 e. The fourth-order valence-electron chi connectivity index (χ4n) is 15.2. The molecule has 7 aliphatic rings. The second-order valence-corrected chi connectivity index (χ2v) is 31.7. The first-order valence-corrected chi connectivity index (χ1v) is 40.1. The second kappa shape index (κ2) is 40.7. The first-order chi connectivity index (χ1) is 57.0. The topological polar surface area (TPSA) is 583 Å². The number of fused-ring (bicyclic) bond motifs is 15. The van der Waals surface area contributed by atoms with Gasteiger partial charge in [0.15, 0.2) is 23.9 Å². The molecule has 0 saturated carbocycles. The van der Waals surface area contributed by atoms with E-state index in [1.54, 1.807) is 13.8 Å². The van der Waals surface area contributed by atoms with Gasteiger partial charge in [0.2, 0.25) is 59.3 Å². The molecule has 22 N–H and O–H groups in total. The van der Waals surface area contributed by atoms with E-state index >= 15 is 19.2 Å². The smallest absolute Gasteiger partial charge is 0.326 e. The van der Waals surface area contributed by atoms with E-state index in [9.17, 15) is 84.9 Å². The fraction of sp³-hybridized carbons (Fsp3) is 0.512. The lowest BCUT2D eigenvalue weighted by molar-refractivity contribution is -0.334. The van der Waals surface area contributed by atoms with Crippen LogP contribution in [0.1, 0.15) is 183 Å². The van der Waals surface area contributed by atoms with Crippen LogP contribution in [-0.4, -0.2) is 221 Å². The molecule has 37 nitrogen and oxygen atoms in total. The number of benzene rings is 5. The number of carboxylic acid groups (broad SMARTS) is 2. The number of hydrogen-bond acceptors (Lipinski definition) is 27. The van der Waals surface area contributed by atoms with Crippen molar-refractivity contribution in [2.45, 2.75) is 240 Å². The molecule has 2 fully saturated rings. The number of phenols is 3. The van der Waals surface area contributed by atoms with E-state index in [4.69, 9.17) is 45.8 Å². The van der Waals surface area contributed by atoms with E-state index in [-0.39, 0.29) is 46.4 Å². The van der Waals surface area contributed by atoms with Crippen molar-refractivity contribution in [2.75, 3.05) is 20.2 Å². The van der Waals surface area contributed by atoms with E-state index in [1.165, 1.54) is 62.7 Å². The van der Waals surface area contributed by atoms with Gasteiger partial charge >= 0.3 is 11.9 Å². The summed E-state index contributed by atoms with van der Waals surface area (Å²) in [5, 5.41) is 149. The zero-order valence-electron chi connectivity index (χ0n) is 66.8. The van der Waals surface area contributed by atoms with Gasteiger partial charge in [-0.1, -0.05) is 114 Å². The minimum atomic E-state index is -2.37. The van der Waals surface area contributed by atoms with Gasteiger partial charge in [-0.15, -0.1) is 0 Å². The molecule has 652 valence electrons. The maximum absolute atomic E-state index is 16.3. The van der Waals surface area contributed by atoms with Crippen molar-refractivity contribution in [3.8, 4) is 57.1 Å². The minimum Gasteiger partial charge on any atom is -0.508 e. The standard InChI is InChI=1S/C82H105ClN10O27/c1-7-8-9-10-11-12-13-14-15-16-25-86-82(5)35-59(115-38(4)72(82)105)119-71-69(104)68(103)56(36-94)118-81(71)120-70-54-29-42-30-55(70)117-53-24-20-41(28-47(53)83)67(102)65(92-73(106)48(85-6)26-37(2)3)78(111)87-49(33-57(84)98)74(107)89-62(42)76(109)90-61-40-19-23-51(96)45(27-40)60-46(31-43(95)32-52(60)97)63(77(110)88-50(80(113)114)34-58(99)100)91-79(112)64(93-75(61)108)66(101)39-17-21-44(116-54)22-18-39/h17-24,27-32,37-38,48-50,56,59,61-69,71-72,81,85-86,94-97,101-105H,7-16,25-26,33-36H2,1-6H3,(H2,84,98)(H,87,111)(H,88,110)(H,89,107)(H,90,109)(H,91,112)(H,92,106)(H,93,108)(H,99,100)(H,113,114)/t38-,48-,49-,50?,56+,59-,61?,62+,63-,64-,65?,66+,67+,68+,69-,71+,72+,81-,82-/m0/s1. The molecule has 38 heteroatoms. The average molecular weight is 1700 g/mol. The lowest BCUT2D eigenvalue weighted by Crippen LogP contribution is -2.65. The summed E-state index contributed by atoms with van der Waals surface area (Å²) in [5.74, 6) is -19.5. The summed E-state index contributed by atoms with van der Waals surface area (Å²) in [4.78, 5) is 144. The normalized spacial score (nSPS) is 26.8. The Hall–Kier alpha value is -10.6. The van der Waals surface area contributed by atoms with Crippen LogP contribution in [0.2, 0.25) is 5.02 Å². The molecule has 5 aromatic carbocycles. The molecule has 7 heterocycles. The highest BCUT2D eigenvalue weighted by Gasteiger charge is 2.52. The van der Waals surface area contributed by atoms with Crippen LogP contribution in [0.4, 0.5) is 0 Å². The number of aromatic hydroxyl groups is 3. The van der Waals surface area contributed by atoms with Crippen LogP contribution in [-0.2, 0) is 62.2 Å². The number of hydrogen-bond donors (Lipinski definition) is 21. The van der Waals surface area contributed by atoms with Gasteiger partial charge in [-0.05, 0) is 129 Å². The molecule has 8 amide bonds. The maximum atomic E-state index is 16.3. The Balaban J connectivity index is 1.17. The number of phenolic OH excluding ortho intramolecular Hbond substituents is 3. The molecule has 5 aromatic rings. The van der Waals surface area contributed by atoms with Crippen LogP contribution in [0.15, 0.2) is 84.9 Å². The predicted octanol–water partition coefficient (Wildman–Crippen LogP) is 2.96. The number of likely N-dealkylation sites (N-methyl/N-ethyl adjacent to an activating group) is 1. The SMILES string of the molecule is CCCCCCCCCCCCN[C@@]1(C)C[C@H](O[C@H]2[C@H](Oc3c4cc5cc3Oc3ccc(cc3Cl)[C@@H](O)C(NC(=O)[C@H](CC(C)C)NC)C(=O)N[C@@H](CC(N)=O)C(=O)N[C@H]5C(=O)NC3C(=O)N[C@H](C(=O)N[C@H](C(=O)NC(CC(=O)O)C(=O)O)c5cc(O)cc(O)c5-c5cc3ccc5O)[C@H](O)c3ccc(cc3)O4)O[C@H](CO)[C@@H](O)[C@@H]2O)O[C@@H](C)[C@H]1O. The number of primary amides is 1. The fourth-order valence-corrected chi connectivity index (χ4v) is 15.5. The van der Waals surface area contributed by atoms with Crippen molar-refractivity contribution >= 4 is 70.8 Å². The van der Waals surface area contributed by atoms with Crippen molar-refractivity contribution in [1.82, 2.24) is 47.9 Å². The van der Waals surface area contributed by atoms with Crippen molar-refractivity contribution in [2.24, 2.45) is 11.7 Å². The zero-order valence-corrected chi connectivity index (χ0v) is 67.5.